The van der Waals surface area contributed by atoms with Crippen LogP contribution in [0.5, 0.6) is 5.75 Å². The first-order valence-electron chi connectivity index (χ1n) is 13.1. The van der Waals surface area contributed by atoms with E-state index in [0.717, 1.165) is 60.0 Å². The van der Waals surface area contributed by atoms with Crippen LogP contribution in [0.25, 0.3) is 0 Å². The zero-order valence-electron chi connectivity index (χ0n) is 21.9. The van der Waals surface area contributed by atoms with Gasteiger partial charge in [-0.25, -0.2) is 15.0 Å². The Bertz CT molecular complexity index is 1300. The molecule has 1 aromatic carbocycles. The average molecular weight is 511 g/mol. The lowest BCUT2D eigenvalue weighted by Crippen LogP contribution is -2.31. The standard InChI is InChI=1S/C29H34N8O/c1-3-7-23(14-17-31-18-21-19-34-29(30)35-20-21)38-24-12-10-22(11-13-24)37-27-26(9-6-16-33-27)36(2)28(37)25-8-4-5-15-32-25/h4-6,8-13,15-16,19-20,23,28,31H,3,7,14,17-18H2,1-2H3,(H2,30,34,35). The normalized spacial score (nSPS) is 15.4. The maximum absolute atomic E-state index is 6.40. The van der Waals surface area contributed by atoms with Crippen molar-refractivity contribution in [1.29, 1.82) is 0 Å². The molecular formula is C29H34N8O. The minimum Gasteiger partial charge on any atom is -0.490 e. The van der Waals surface area contributed by atoms with Gasteiger partial charge in [0.25, 0.3) is 0 Å². The number of nitrogen functional groups attached to an aromatic ring is 1. The van der Waals surface area contributed by atoms with Gasteiger partial charge < -0.3 is 20.7 Å². The molecule has 0 bridgehead atoms. The highest BCUT2D eigenvalue weighted by atomic mass is 16.5. The summed E-state index contributed by atoms with van der Waals surface area (Å²) >= 11 is 0. The summed E-state index contributed by atoms with van der Waals surface area (Å²) in [7, 11) is 2.08. The number of pyridine rings is 2. The largest absolute Gasteiger partial charge is 0.490 e. The topological polar surface area (TPSA) is 105 Å². The van der Waals surface area contributed by atoms with Crippen molar-refractivity contribution in [3.63, 3.8) is 0 Å². The number of benzene rings is 1. The van der Waals surface area contributed by atoms with Gasteiger partial charge in [0, 0.05) is 49.6 Å². The number of hydrogen-bond donors (Lipinski definition) is 2. The van der Waals surface area contributed by atoms with E-state index >= 15 is 0 Å². The molecule has 0 aliphatic carbocycles. The van der Waals surface area contributed by atoms with Crippen LogP contribution in [0.4, 0.5) is 23.1 Å². The molecule has 1 aliphatic rings. The maximum atomic E-state index is 6.40. The number of nitrogens with two attached hydrogens (primary N) is 1. The number of fused-ring (bicyclic) bond motifs is 1. The maximum Gasteiger partial charge on any atom is 0.219 e. The van der Waals surface area contributed by atoms with Gasteiger partial charge in [-0.05, 0) is 67.9 Å². The summed E-state index contributed by atoms with van der Waals surface area (Å²) in [5, 5.41) is 3.45. The molecule has 9 heteroatoms. The smallest absolute Gasteiger partial charge is 0.219 e. The molecular weight excluding hydrogens is 476 g/mol. The van der Waals surface area contributed by atoms with Crippen LogP contribution >= 0.6 is 0 Å². The number of rotatable bonds is 11. The van der Waals surface area contributed by atoms with Crippen molar-refractivity contribution in [1.82, 2.24) is 25.3 Å². The average Bonchev–Trinajstić information content (AvgIpc) is 3.25. The van der Waals surface area contributed by atoms with Crippen LogP contribution in [0.15, 0.2) is 79.4 Å². The van der Waals surface area contributed by atoms with E-state index in [-0.39, 0.29) is 12.3 Å². The number of nitrogens with one attached hydrogen (secondary N) is 1. The van der Waals surface area contributed by atoms with Gasteiger partial charge in [0.05, 0.1) is 17.5 Å². The molecule has 9 nitrogen and oxygen atoms in total. The Kier molecular flexibility index (Phi) is 7.94. The number of hydrogen-bond acceptors (Lipinski definition) is 9. The van der Waals surface area contributed by atoms with Crippen molar-refractivity contribution in [3.05, 3.63) is 90.6 Å². The molecule has 2 unspecified atom stereocenters. The number of nitrogens with zero attached hydrogens (tertiary/aromatic N) is 6. The lowest BCUT2D eigenvalue weighted by Gasteiger charge is -2.30. The van der Waals surface area contributed by atoms with Crippen LogP contribution in [0, 0.1) is 0 Å². The first kappa shape index (κ1) is 25.4. The fraction of sp³-hybridized carbons (Fsp3) is 0.310. The van der Waals surface area contributed by atoms with E-state index in [0.29, 0.717) is 12.5 Å². The van der Waals surface area contributed by atoms with E-state index in [2.05, 4.69) is 68.3 Å². The van der Waals surface area contributed by atoms with Gasteiger partial charge in [-0.15, -0.1) is 0 Å². The quantitative estimate of drug-likeness (QED) is 0.274. The van der Waals surface area contributed by atoms with Gasteiger partial charge in [-0.1, -0.05) is 19.4 Å². The Morgan fingerprint density at radius 3 is 2.47 bits per heavy atom. The molecule has 0 radical (unpaired) electrons. The second-order valence-electron chi connectivity index (χ2n) is 9.39. The summed E-state index contributed by atoms with van der Waals surface area (Å²) in [6.45, 7) is 3.72. The van der Waals surface area contributed by atoms with E-state index < -0.39 is 0 Å². The Morgan fingerprint density at radius 2 is 1.74 bits per heavy atom. The molecule has 0 saturated carbocycles. The molecule has 3 aromatic heterocycles. The summed E-state index contributed by atoms with van der Waals surface area (Å²) in [6.07, 6.45) is 10.2. The third kappa shape index (κ3) is 5.68. The van der Waals surface area contributed by atoms with Crippen LogP contribution in [0.2, 0.25) is 0 Å². The van der Waals surface area contributed by atoms with Crippen molar-refractivity contribution in [3.8, 4) is 5.75 Å². The van der Waals surface area contributed by atoms with Gasteiger partial charge in [-0.2, -0.15) is 0 Å². The second-order valence-corrected chi connectivity index (χ2v) is 9.39. The van der Waals surface area contributed by atoms with Gasteiger partial charge >= 0.3 is 0 Å². The number of ether oxygens (including phenoxy) is 1. The third-order valence-corrected chi connectivity index (χ3v) is 6.66. The highest BCUT2D eigenvalue weighted by molar-refractivity contribution is 5.80. The van der Waals surface area contributed by atoms with Crippen LogP contribution < -0.4 is 25.6 Å². The molecule has 1 aliphatic heterocycles. The van der Waals surface area contributed by atoms with E-state index in [9.17, 15) is 0 Å². The minimum atomic E-state index is -0.0850. The molecule has 0 amide bonds. The lowest BCUT2D eigenvalue weighted by molar-refractivity contribution is 0.179. The summed E-state index contributed by atoms with van der Waals surface area (Å²) in [4.78, 5) is 21.9. The molecule has 0 spiro atoms. The first-order chi connectivity index (χ1) is 18.6. The van der Waals surface area contributed by atoms with Gasteiger partial charge in [0.2, 0.25) is 5.95 Å². The Labute approximate surface area is 223 Å². The fourth-order valence-corrected chi connectivity index (χ4v) is 4.81. The Balaban J connectivity index is 1.26. The molecule has 2 atom stereocenters. The molecule has 3 N–H and O–H groups in total. The zero-order chi connectivity index (χ0) is 26.3. The van der Waals surface area contributed by atoms with Crippen molar-refractivity contribution in [2.24, 2.45) is 0 Å². The van der Waals surface area contributed by atoms with E-state index in [1.165, 1.54) is 0 Å². The van der Waals surface area contributed by atoms with E-state index in [1.807, 2.05) is 42.7 Å². The first-order valence-corrected chi connectivity index (χ1v) is 13.1. The highest BCUT2D eigenvalue weighted by Gasteiger charge is 2.37. The SMILES string of the molecule is CCCC(CCNCc1cnc(N)nc1)Oc1ccc(N2c3ncccc3N(C)C2c2ccccn2)cc1. The van der Waals surface area contributed by atoms with Crippen molar-refractivity contribution in [2.75, 3.05) is 29.1 Å². The lowest BCUT2D eigenvalue weighted by atomic mass is 10.1. The Morgan fingerprint density at radius 1 is 0.947 bits per heavy atom. The Hall–Kier alpha value is -4.24. The molecule has 0 fully saturated rings. The fourth-order valence-electron chi connectivity index (χ4n) is 4.81. The number of aromatic nitrogens is 4. The van der Waals surface area contributed by atoms with Crippen LogP contribution in [0.1, 0.15) is 43.6 Å². The molecule has 196 valence electrons. The van der Waals surface area contributed by atoms with Crippen molar-refractivity contribution < 1.29 is 4.74 Å². The van der Waals surface area contributed by atoms with Crippen LogP contribution in [-0.2, 0) is 6.54 Å². The van der Waals surface area contributed by atoms with Gasteiger partial charge in [-0.3, -0.25) is 9.88 Å². The molecule has 0 saturated heterocycles. The molecule has 4 heterocycles. The molecule has 5 rings (SSSR count). The van der Waals surface area contributed by atoms with Crippen molar-refractivity contribution >= 4 is 23.1 Å². The monoisotopic (exact) mass is 510 g/mol. The van der Waals surface area contributed by atoms with E-state index in [1.54, 1.807) is 12.4 Å². The van der Waals surface area contributed by atoms with Gasteiger partial charge in [0.15, 0.2) is 12.0 Å². The van der Waals surface area contributed by atoms with Gasteiger partial charge in [0.1, 0.15) is 5.75 Å². The van der Waals surface area contributed by atoms with Crippen LogP contribution in [-0.4, -0.2) is 39.6 Å². The molecule has 4 aromatic rings. The zero-order valence-corrected chi connectivity index (χ0v) is 21.9. The van der Waals surface area contributed by atoms with Crippen molar-refractivity contribution in [2.45, 2.75) is 45.0 Å². The molecule has 38 heavy (non-hydrogen) atoms. The summed E-state index contributed by atoms with van der Waals surface area (Å²) in [6, 6.07) is 18.4. The second kappa shape index (κ2) is 11.9. The van der Waals surface area contributed by atoms with Crippen LogP contribution in [0.3, 0.4) is 0 Å². The third-order valence-electron chi connectivity index (χ3n) is 6.66. The summed E-state index contributed by atoms with van der Waals surface area (Å²) < 4.78 is 6.40. The predicted molar refractivity (Wildman–Crippen MR) is 150 cm³/mol. The minimum absolute atomic E-state index is 0.0850. The summed E-state index contributed by atoms with van der Waals surface area (Å²) in [5.74, 6) is 2.07. The summed E-state index contributed by atoms with van der Waals surface area (Å²) in [5.41, 5.74) is 9.65. The van der Waals surface area contributed by atoms with E-state index in [4.69, 9.17) is 15.5 Å². The highest BCUT2D eigenvalue weighted by Crippen LogP contribution is 2.47. The predicted octanol–water partition coefficient (Wildman–Crippen LogP) is 4.86. The number of anilines is 4.